The molecular formula is C18H20N2O4S. The van der Waals surface area contributed by atoms with Gasteiger partial charge in [-0.1, -0.05) is 18.2 Å². The average molecular weight is 360 g/mol. The van der Waals surface area contributed by atoms with Crippen molar-refractivity contribution in [3.8, 4) is 11.5 Å². The van der Waals surface area contributed by atoms with Crippen LogP contribution in [0, 0.1) is 0 Å². The van der Waals surface area contributed by atoms with Crippen LogP contribution in [0.4, 0.5) is 5.69 Å². The van der Waals surface area contributed by atoms with E-state index in [1.807, 2.05) is 30.3 Å². The lowest BCUT2D eigenvalue weighted by Crippen LogP contribution is -2.31. The standard InChI is InChI=1S/C18H20N2O4S/c1-24-18-11-14(7-8-17(18)21)12-19-20(15-5-3-2-4-6-15)16-9-10-25(22,23)13-16/h2-8,11-12,16,21H,9-10,13H2,1H3/b19-12+/t16-/m0/s1. The van der Waals surface area contributed by atoms with Crippen molar-refractivity contribution in [2.45, 2.75) is 12.5 Å². The zero-order valence-corrected chi connectivity index (χ0v) is 14.7. The Hall–Kier alpha value is -2.54. The first-order valence-electron chi connectivity index (χ1n) is 7.94. The van der Waals surface area contributed by atoms with Crippen LogP contribution >= 0.6 is 0 Å². The molecule has 2 aromatic carbocycles. The van der Waals surface area contributed by atoms with Gasteiger partial charge < -0.3 is 9.84 Å². The number of hydrogen-bond donors (Lipinski definition) is 1. The Morgan fingerprint density at radius 2 is 2.00 bits per heavy atom. The molecule has 0 bridgehead atoms. The summed E-state index contributed by atoms with van der Waals surface area (Å²) in [6, 6.07) is 14.2. The highest BCUT2D eigenvalue weighted by Crippen LogP contribution is 2.27. The topological polar surface area (TPSA) is 79.2 Å². The molecule has 1 N–H and O–H groups in total. The van der Waals surface area contributed by atoms with Gasteiger partial charge in [0.2, 0.25) is 0 Å². The Bertz CT molecular complexity index is 866. The van der Waals surface area contributed by atoms with Gasteiger partial charge >= 0.3 is 0 Å². The van der Waals surface area contributed by atoms with Gasteiger partial charge in [0.15, 0.2) is 21.3 Å². The minimum Gasteiger partial charge on any atom is -0.504 e. The number of phenolic OH excluding ortho intramolecular Hbond substituents is 1. The molecule has 1 saturated heterocycles. The average Bonchev–Trinajstić information content (AvgIpc) is 2.97. The molecule has 1 aliphatic heterocycles. The number of methoxy groups -OCH3 is 1. The number of hydrogen-bond acceptors (Lipinski definition) is 6. The smallest absolute Gasteiger partial charge is 0.161 e. The maximum absolute atomic E-state index is 11.8. The fourth-order valence-electron chi connectivity index (χ4n) is 2.82. The molecule has 1 atom stereocenters. The molecule has 0 aromatic heterocycles. The molecular weight excluding hydrogens is 340 g/mol. The zero-order chi connectivity index (χ0) is 17.9. The van der Waals surface area contributed by atoms with Gasteiger partial charge in [-0.05, 0) is 42.3 Å². The molecule has 0 radical (unpaired) electrons. The van der Waals surface area contributed by atoms with Crippen LogP contribution < -0.4 is 9.75 Å². The minimum absolute atomic E-state index is 0.0569. The first-order valence-corrected chi connectivity index (χ1v) is 9.76. The summed E-state index contributed by atoms with van der Waals surface area (Å²) in [6.45, 7) is 0. The zero-order valence-electron chi connectivity index (χ0n) is 13.9. The molecule has 7 heteroatoms. The van der Waals surface area contributed by atoms with E-state index in [2.05, 4.69) is 5.10 Å². The van der Waals surface area contributed by atoms with Crippen molar-refractivity contribution in [3.63, 3.8) is 0 Å². The third kappa shape index (κ3) is 4.11. The molecule has 2 aromatic rings. The minimum atomic E-state index is -3.02. The van der Waals surface area contributed by atoms with Crippen molar-refractivity contribution >= 4 is 21.7 Å². The number of ether oxygens (including phenoxy) is 1. The van der Waals surface area contributed by atoms with Crippen molar-refractivity contribution in [3.05, 3.63) is 54.1 Å². The maximum Gasteiger partial charge on any atom is 0.161 e. The Balaban J connectivity index is 1.90. The molecule has 0 spiro atoms. The van der Waals surface area contributed by atoms with Gasteiger partial charge in [0, 0.05) is 0 Å². The lowest BCUT2D eigenvalue weighted by atomic mass is 10.2. The summed E-state index contributed by atoms with van der Waals surface area (Å²) in [4.78, 5) is 0. The molecule has 1 fully saturated rings. The van der Waals surface area contributed by atoms with Crippen LogP contribution in [0.15, 0.2) is 53.6 Å². The van der Waals surface area contributed by atoms with Crippen LogP contribution in [0.5, 0.6) is 11.5 Å². The summed E-state index contributed by atoms with van der Waals surface area (Å²) in [5.41, 5.74) is 1.59. The van der Waals surface area contributed by atoms with Gasteiger partial charge in [-0.15, -0.1) is 0 Å². The van der Waals surface area contributed by atoms with Crippen molar-refractivity contribution in [1.29, 1.82) is 0 Å². The Morgan fingerprint density at radius 1 is 1.24 bits per heavy atom. The van der Waals surface area contributed by atoms with Crippen molar-refractivity contribution in [2.75, 3.05) is 23.6 Å². The van der Waals surface area contributed by atoms with Crippen LogP contribution in [0.25, 0.3) is 0 Å². The van der Waals surface area contributed by atoms with Gasteiger partial charge in [-0.3, -0.25) is 5.01 Å². The number of anilines is 1. The quantitative estimate of drug-likeness (QED) is 0.654. The van der Waals surface area contributed by atoms with E-state index in [1.54, 1.807) is 23.4 Å². The number of rotatable bonds is 5. The third-order valence-corrected chi connectivity index (χ3v) is 5.86. The van der Waals surface area contributed by atoms with Crippen molar-refractivity contribution in [1.82, 2.24) is 0 Å². The highest BCUT2D eigenvalue weighted by molar-refractivity contribution is 7.91. The normalized spacial score (nSPS) is 19.2. The van der Waals surface area contributed by atoms with Gasteiger partial charge in [-0.2, -0.15) is 5.10 Å². The molecule has 25 heavy (non-hydrogen) atoms. The molecule has 0 aliphatic carbocycles. The first-order chi connectivity index (χ1) is 12.0. The number of nitrogens with zero attached hydrogens (tertiary/aromatic N) is 2. The number of hydrazone groups is 1. The van der Waals surface area contributed by atoms with Gasteiger partial charge in [0.05, 0.1) is 36.6 Å². The van der Waals surface area contributed by atoms with E-state index in [0.29, 0.717) is 12.2 Å². The lowest BCUT2D eigenvalue weighted by Gasteiger charge is -2.25. The van der Waals surface area contributed by atoms with Crippen LogP contribution in [-0.2, 0) is 9.84 Å². The van der Waals surface area contributed by atoms with E-state index in [1.165, 1.54) is 13.2 Å². The SMILES string of the molecule is COc1cc(/C=N/N(c2ccccc2)[C@H]2CCS(=O)(=O)C2)ccc1O. The van der Waals surface area contributed by atoms with Crippen molar-refractivity contribution in [2.24, 2.45) is 5.10 Å². The lowest BCUT2D eigenvalue weighted by molar-refractivity contribution is 0.373. The Labute approximate surface area is 147 Å². The number of benzene rings is 2. The van der Waals surface area contributed by atoms with E-state index in [9.17, 15) is 13.5 Å². The van der Waals surface area contributed by atoms with Crippen LogP contribution in [0.3, 0.4) is 0 Å². The monoisotopic (exact) mass is 360 g/mol. The molecule has 132 valence electrons. The predicted molar refractivity (Wildman–Crippen MR) is 98.2 cm³/mol. The second-order valence-electron chi connectivity index (χ2n) is 5.91. The van der Waals surface area contributed by atoms with E-state index >= 15 is 0 Å². The molecule has 6 nitrogen and oxygen atoms in total. The fourth-order valence-corrected chi connectivity index (χ4v) is 4.52. The molecule has 1 aliphatic rings. The van der Waals surface area contributed by atoms with E-state index in [4.69, 9.17) is 4.74 Å². The number of sulfone groups is 1. The second-order valence-corrected chi connectivity index (χ2v) is 8.14. The number of para-hydroxylation sites is 1. The Kier molecular flexibility index (Phi) is 4.94. The maximum atomic E-state index is 11.8. The summed E-state index contributed by atoms with van der Waals surface area (Å²) in [5, 5.41) is 16.0. The van der Waals surface area contributed by atoms with Gasteiger partial charge in [-0.25, -0.2) is 8.42 Å². The molecule has 0 unspecified atom stereocenters. The highest BCUT2D eigenvalue weighted by Gasteiger charge is 2.32. The fraction of sp³-hybridized carbons (Fsp3) is 0.278. The first kappa shape index (κ1) is 17.3. The van der Waals surface area contributed by atoms with Gasteiger partial charge in [0.1, 0.15) is 0 Å². The molecule has 0 saturated carbocycles. The Morgan fingerprint density at radius 3 is 2.64 bits per heavy atom. The largest absolute Gasteiger partial charge is 0.504 e. The summed E-state index contributed by atoms with van der Waals surface area (Å²) in [5.74, 6) is 0.696. The summed E-state index contributed by atoms with van der Waals surface area (Å²) in [6.07, 6.45) is 2.19. The molecule has 0 amide bonds. The number of aromatic hydroxyl groups is 1. The summed E-state index contributed by atoms with van der Waals surface area (Å²) < 4.78 is 28.8. The van der Waals surface area contributed by atoms with E-state index in [-0.39, 0.29) is 23.3 Å². The summed E-state index contributed by atoms with van der Waals surface area (Å²) in [7, 11) is -1.53. The molecule has 1 heterocycles. The van der Waals surface area contributed by atoms with Gasteiger partial charge in [0.25, 0.3) is 0 Å². The highest BCUT2D eigenvalue weighted by atomic mass is 32.2. The van der Waals surface area contributed by atoms with E-state index < -0.39 is 9.84 Å². The molecule has 3 rings (SSSR count). The van der Waals surface area contributed by atoms with E-state index in [0.717, 1.165) is 11.3 Å². The van der Waals surface area contributed by atoms with Crippen molar-refractivity contribution < 1.29 is 18.3 Å². The number of phenols is 1. The second kappa shape index (κ2) is 7.14. The van der Waals surface area contributed by atoms with Crippen LogP contribution in [0.1, 0.15) is 12.0 Å². The van der Waals surface area contributed by atoms with Crippen LogP contribution in [0.2, 0.25) is 0 Å². The third-order valence-electron chi connectivity index (χ3n) is 4.11. The summed E-state index contributed by atoms with van der Waals surface area (Å²) >= 11 is 0. The predicted octanol–water partition coefficient (Wildman–Crippen LogP) is 2.43. The van der Waals surface area contributed by atoms with Crippen LogP contribution in [-0.4, -0.2) is 44.4 Å².